The van der Waals surface area contributed by atoms with Crippen LogP contribution in [-0.2, 0) is 16.6 Å². The molecule has 9 nitrogen and oxygen atoms in total. The monoisotopic (exact) mass is 440 g/mol. The summed E-state index contributed by atoms with van der Waals surface area (Å²) in [6, 6.07) is 11.6. The van der Waals surface area contributed by atoms with Gasteiger partial charge in [0.2, 0.25) is 21.7 Å². The number of aromatic nitrogens is 5. The highest BCUT2D eigenvalue weighted by Gasteiger charge is 2.29. The molecule has 2 aromatic carbocycles. The smallest absolute Gasteiger partial charge is 0.245 e. The lowest BCUT2D eigenvalue weighted by atomic mass is 10.1. The van der Waals surface area contributed by atoms with E-state index in [1.54, 1.807) is 28.9 Å². The van der Waals surface area contributed by atoms with Crippen LogP contribution >= 0.6 is 0 Å². The molecule has 0 spiro atoms. The number of fused-ring (bicyclic) bond motifs is 1. The van der Waals surface area contributed by atoms with Gasteiger partial charge < -0.3 is 4.52 Å². The summed E-state index contributed by atoms with van der Waals surface area (Å²) in [5.74, 6) is 0.460. The topological polar surface area (TPSA) is 116 Å². The van der Waals surface area contributed by atoms with Gasteiger partial charge in [-0.05, 0) is 50.1 Å². The lowest BCUT2D eigenvalue weighted by Gasteiger charge is -2.18. The van der Waals surface area contributed by atoms with Crippen LogP contribution in [0.15, 0.2) is 51.9 Å². The minimum absolute atomic E-state index is 0.111. The molecule has 0 aliphatic carbocycles. The Morgan fingerprint density at radius 3 is 2.55 bits per heavy atom. The maximum absolute atomic E-state index is 12.9. The quantitative estimate of drug-likeness (QED) is 0.468. The summed E-state index contributed by atoms with van der Waals surface area (Å²) in [7, 11) is -3.75. The van der Waals surface area contributed by atoms with Crippen LogP contribution in [0.25, 0.3) is 22.4 Å². The van der Waals surface area contributed by atoms with Crippen molar-refractivity contribution in [2.24, 2.45) is 5.92 Å². The highest BCUT2D eigenvalue weighted by Crippen LogP contribution is 2.27. The number of hydrogen-bond donors (Lipinski definition) is 1. The SMILES string of the molecule is CCn1nnc2cc(-c3noc([C@H](NS(=O)(=O)c4ccc(C)cc4)C(C)C)n3)ccc21. The van der Waals surface area contributed by atoms with Gasteiger partial charge in [0, 0.05) is 12.1 Å². The van der Waals surface area contributed by atoms with Crippen LogP contribution in [0, 0.1) is 12.8 Å². The van der Waals surface area contributed by atoms with Gasteiger partial charge >= 0.3 is 0 Å². The zero-order valence-electron chi connectivity index (χ0n) is 17.8. The largest absolute Gasteiger partial charge is 0.337 e. The van der Waals surface area contributed by atoms with Crippen LogP contribution in [0.5, 0.6) is 0 Å². The Morgan fingerprint density at radius 2 is 1.87 bits per heavy atom. The molecule has 0 amide bonds. The first-order valence-electron chi connectivity index (χ1n) is 10.0. The van der Waals surface area contributed by atoms with Crippen LogP contribution in [0.4, 0.5) is 0 Å². The molecule has 0 bridgehead atoms. The Kier molecular flexibility index (Phi) is 5.59. The second-order valence-corrected chi connectivity index (χ2v) is 9.43. The number of rotatable bonds is 7. The molecule has 0 aliphatic heterocycles. The molecule has 162 valence electrons. The van der Waals surface area contributed by atoms with E-state index in [0.717, 1.165) is 28.7 Å². The second kappa shape index (κ2) is 8.20. The van der Waals surface area contributed by atoms with Gasteiger partial charge in [-0.15, -0.1) is 5.10 Å². The first kappa shape index (κ1) is 21.1. The molecule has 0 aliphatic rings. The molecule has 2 aromatic heterocycles. The minimum Gasteiger partial charge on any atom is -0.337 e. The predicted octanol–water partition coefficient (Wildman–Crippen LogP) is 3.49. The average molecular weight is 441 g/mol. The molecule has 1 N–H and O–H groups in total. The molecule has 4 aromatic rings. The van der Waals surface area contributed by atoms with Crippen molar-refractivity contribution in [2.75, 3.05) is 0 Å². The molecule has 31 heavy (non-hydrogen) atoms. The molecule has 0 radical (unpaired) electrons. The van der Waals surface area contributed by atoms with Crippen LogP contribution in [0.1, 0.15) is 38.3 Å². The van der Waals surface area contributed by atoms with Gasteiger partial charge in [-0.2, -0.15) is 9.71 Å². The summed E-state index contributed by atoms with van der Waals surface area (Å²) < 4.78 is 35.7. The molecule has 0 saturated heterocycles. The highest BCUT2D eigenvalue weighted by atomic mass is 32.2. The Hall–Kier alpha value is -3.11. The second-order valence-electron chi connectivity index (χ2n) is 7.72. The number of sulfonamides is 1. The summed E-state index contributed by atoms with van der Waals surface area (Å²) in [4.78, 5) is 4.66. The maximum Gasteiger partial charge on any atom is 0.245 e. The van der Waals surface area contributed by atoms with Gasteiger partial charge in [-0.25, -0.2) is 13.1 Å². The maximum atomic E-state index is 12.9. The average Bonchev–Trinajstić information content (AvgIpc) is 3.38. The summed E-state index contributed by atoms with van der Waals surface area (Å²) in [5, 5.41) is 12.3. The van der Waals surface area contributed by atoms with Crippen molar-refractivity contribution in [3.8, 4) is 11.4 Å². The van der Waals surface area contributed by atoms with E-state index in [2.05, 4.69) is 25.2 Å². The predicted molar refractivity (Wildman–Crippen MR) is 116 cm³/mol. The molecular formula is C21H24N6O3S. The summed E-state index contributed by atoms with van der Waals surface area (Å²) in [6.07, 6.45) is 0. The van der Waals surface area contributed by atoms with E-state index in [-0.39, 0.29) is 16.7 Å². The van der Waals surface area contributed by atoms with Gasteiger partial charge in [0.05, 0.1) is 10.4 Å². The van der Waals surface area contributed by atoms with E-state index in [4.69, 9.17) is 4.52 Å². The van der Waals surface area contributed by atoms with Crippen molar-refractivity contribution < 1.29 is 12.9 Å². The lowest BCUT2D eigenvalue weighted by molar-refractivity contribution is 0.311. The molecule has 1 atom stereocenters. The Bertz CT molecular complexity index is 1310. The van der Waals surface area contributed by atoms with E-state index in [9.17, 15) is 8.42 Å². The van der Waals surface area contributed by atoms with E-state index >= 15 is 0 Å². The zero-order chi connectivity index (χ0) is 22.2. The van der Waals surface area contributed by atoms with E-state index in [0.29, 0.717) is 5.82 Å². The number of aryl methyl sites for hydroxylation is 2. The summed E-state index contributed by atoms with van der Waals surface area (Å²) in [6.45, 7) is 8.40. The van der Waals surface area contributed by atoms with Gasteiger partial charge in [0.15, 0.2) is 0 Å². The van der Waals surface area contributed by atoms with E-state index < -0.39 is 16.1 Å². The van der Waals surface area contributed by atoms with Crippen molar-refractivity contribution in [1.82, 2.24) is 29.9 Å². The van der Waals surface area contributed by atoms with Gasteiger partial charge in [-0.3, -0.25) is 0 Å². The van der Waals surface area contributed by atoms with Crippen molar-refractivity contribution >= 4 is 21.1 Å². The van der Waals surface area contributed by atoms with E-state index in [1.807, 2.05) is 45.9 Å². The summed E-state index contributed by atoms with van der Waals surface area (Å²) >= 11 is 0. The fourth-order valence-corrected chi connectivity index (χ4v) is 4.59. The highest BCUT2D eigenvalue weighted by molar-refractivity contribution is 7.89. The van der Waals surface area contributed by atoms with Gasteiger partial charge in [0.1, 0.15) is 11.6 Å². The number of benzene rings is 2. The Balaban J connectivity index is 1.63. The standard InChI is InChI=1S/C21H24N6O3S/c1-5-27-18-11-8-15(12-17(18)23-26-27)20-22-21(30-24-20)19(13(2)3)25-31(28,29)16-9-6-14(4)7-10-16/h6-13,19,25H,5H2,1-4H3/t19-/m1/s1. The third kappa shape index (κ3) is 4.21. The lowest BCUT2D eigenvalue weighted by Crippen LogP contribution is -2.32. The van der Waals surface area contributed by atoms with Crippen LogP contribution in [-0.4, -0.2) is 33.6 Å². The van der Waals surface area contributed by atoms with Crippen LogP contribution < -0.4 is 4.72 Å². The van der Waals surface area contributed by atoms with Crippen LogP contribution in [0.2, 0.25) is 0 Å². The van der Waals surface area contributed by atoms with E-state index in [1.165, 1.54) is 0 Å². The molecule has 0 fully saturated rings. The van der Waals surface area contributed by atoms with Crippen molar-refractivity contribution in [3.05, 3.63) is 53.9 Å². The normalized spacial score (nSPS) is 13.2. The number of nitrogens with one attached hydrogen (secondary N) is 1. The molecule has 10 heteroatoms. The van der Waals surface area contributed by atoms with Crippen molar-refractivity contribution in [1.29, 1.82) is 0 Å². The molecule has 0 saturated carbocycles. The third-order valence-corrected chi connectivity index (χ3v) is 6.52. The molecule has 4 rings (SSSR count). The Labute approximate surface area is 180 Å². The fraction of sp³-hybridized carbons (Fsp3) is 0.333. The first-order chi connectivity index (χ1) is 14.8. The number of hydrogen-bond acceptors (Lipinski definition) is 7. The molecule has 2 heterocycles. The van der Waals surface area contributed by atoms with Gasteiger partial charge in [0.25, 0.3) is 0 Å². The summed E-state index contributed by atoms with van der Waals surface area (Å²) in [5.41, 5.74) is 3.35. The fourth-order valence-electron chi connectivity index (χ4n) is 3.25. The van der Waals surface area contributed by atoms with Gasteiger partial charge in [-0.1, -0.05) is 41.9 Å². The molecule has 0 unspecified atom stereocenters. The minimum atomic E-state index is -3.75. The van der Waals surface area contributed by atoms with Crippen LogP contribution in [0.3, 0.4) is 0 Å². The van der Waals surface area contributed by atoms with Crippen molar-refractivity contribution in [3.63, 3.8) is 0 Å². The van der Waals surface area contributed by atoms with Crippen molar-refractivity contribution in [2.45, 2.75) is 45.2 Å². The molecular weight excluding hydrogens is 416 g/mol. The number of nitrogens with zero attached hydrogens (tertiary/aromatic N) is 5. The third-order valence-electron chi connectivity index (χ3n) is 5.06. The zero-order valence-corrected chi connectivity index (χ0v) is 18.6. The Morgan fingerprint density at radius 1 is 1.13 bits per heavy atom. The first-order valence-corrected chi connectivity index (χ1v) is 11.5.